The number of hydrogen-bond donors (Lipinski definition) is 2. The lowest BCUT2D eigenvalue weighted by Gasteiger charge is -2.25. The molecule has 2 heterocycles. The van der Waals surface area contributed by atoms with E-state index < -0.39 is 43.7 Å². The van der Waals surface area contributed by atoms with Gasteiger partial charge in [-0.05, 0) is 23.6 Å². The summed E-state index contributed by atoms with van der Waals surface area (Å²) < 4.78 is 34.9. The fourth-order valence-electron chi connectivity index (χ4n) is 2.65. The van der Waals surface area contributed by atoms with E-state index in [0.29, 0.717) is 0 Å². The molecule has 0 saturated carbocycles. The van der Waals surface area contributed by atoms with Gasteiger partial charge in [-0.15, -0.1) is 0 Å². The quantitative estimate of drug-likeness (QED) is 0.508. The molecule has 128 valence electrons. The Kier molecular flexibility index (Phi) is 6.70. The molecule has 9 atom stereocenters. The van der Waals surface area contributed by atoms with Gasteiger partial charge in [-0.2, -0.15) is 0 Å². The van der Waals surface area contributed by atoms with Crippen molar-refractivity contribution in [2.24, 2.45) is 11.8 Å². The van der Waals surface area contributed by atoms with Crippen LogP contribution in [0.2, 0.25) is 0 Å². The highest BCUT2D eigenvalue weighted by atomic mass is 32.5. The van der Waals surface area contributed by atoms with Gasteiger partial charge in [-0.1, -0.05) is 13.8 Å². The Morgan fingerprint density at radius 3 is 2.30 bits per heavy atom. The van der Waals surface area contributed by atoms with Gasteiger partial charge in [-0.25, -0.2) is 4.39 Å². The van der Waals surface area contributed by atoms with Gasteiger partial charge in [0.05, 0.1) is 25.3 Å². The molecule has 2 aliphatic rings. The van der Waals surface area contributed by atoms with Crippen molar-refractivity contribution in [2.75, 3.05) is 13.2 Å². The maximum atomic E-state index is 13.9. The fourth-order valence-corrected chi connectivity index (χ4v) is 4.09. The third-order valence-electron chi connectivity index (χ3n) is 4.43. The third kappa shape index (κ3) is 4.55. The van der Waals surface area contributed by atoms with Crippen LogP contribution in [0.25, 0.3) is 0 Å². The van der Waals surface area contributed by atoms with Crippen molar-refractivity contribution in [1.82, 2.24) is 0 Å². The molecule has 4 radical (unpaired) electrons. The van der Waals surface area contributed by atoms with Crippen molar-refractivity contribution in [2.45, 2.75) is 50.3 Å². The second kappa shape index (κ2) is 7.79. The van der Waals surface area contributed by atoms with Crippen molar-refractivity contribution in [3.63, 3.8) is 0 Å². The Balaban J connectivity index is 1.91. The maximum Gasteiger partial charge on any atom is 0.325 e. The summed E-state index contributed by atoms with van der Waals surface area (Å²) in [5.41, 5.74) is 0. The second-order valence-electron chi connectivity index (χ2n) is 5.96. The van der Waals surface area contributed by atoms with E-state index in [4.69, 9.17) is 51.1 Å². The standard InChI is InChI=1S/C12H20B2FO6PS/c1-5-6(2)11(13)20-8(5)4-18-22(17,23)21-10-7(3-16)19-12(14)9(10)15/h5-12,16H,3-4H2,1-2H3,(H,17,23)/t5?,6?,7-,8-,9?,10?,11-,12-,22?/m1/s1. The zero-order chi connectivity index (χ0) is 17.4. The first-order chi connectivity index (χ1) is 10.7. The minimum Gasteiger partial charge on any atom is -0.394 e. The predicted octanol–water partition coefficient (Wildman–Crippen LogP) is -0.00560. The van der Waals surface area contributed by atoms with Gasteiger partial charge in [0.2, 0.25) is 0 Å². The molecule has 6 nitrogen and oxygen atoms in total. The number of aliphatic hydroxyl groups is 1. The Bertz CT molecular complexity index is 463. The first kappa shape index (κ1) is 19.8. The Morgan fingerprint density at radius 1 is 1.17 bits per heavy atom. The molecule has 0 bridgehead atoms. The van der Waals surface area contributed by atoms with Crippen LogP contribution >= 0.6 is 6.72 Å². The molecule has 2 N–H and O–H groups in total. The summed E-state index contributed by atoms with van der Waals surface area (Å²) in [5.74, 6) is 0.249. The molecule has 5 unspecified atom stereocenters. The van der Waals surface area contributed by atoms with E-state index >= 15 is 0 Å². The van der Waals surface area contributed by atoms with E-state index in [2.05, 4.69) is 0 Å². The van der Waals surface area contributed by atoms with Crippen LogP contribution in [0.1, 0.15) is 13.8 Å². The van der Waals surface area contributed by atoms with Crippen LogP contribution in [0, 0.1) is 11.8 Å². The van der Waals surface area contributed by atoms with E-state index in [9.17, 15) is 9.28 Å². The molecular formula is C12H20B2FO6PS. The zero-order valence-electron chi connectivity index (χ0n) is 12.9. The van der Waals surface area contributed by atoms with Crippen molar-refractivity contribution in [3.8, 4) is 0 Å². The molecule has 0 aromatic heterocycles. The molecule has 0 aromatic rings. The summed E-state index contributed by atoms with van der Waals surface area (Å²) >= 11 is 4.90. The molecule has 0 aliphatic carbocycles. The molecule has 0 spiro atoms. The van der Waals surface area contributed by atoms with Crippen molar-refractivity contribution >= 4 is 34.2 Å². The molecule has 2 fully saturated rings. The fraction of sp³-hybridized carbons (Fsp3) is 1.00. The second-order valence-corrected chi connectivity index (χ2v) is 8.75. The summed E-state index contributed by atoms with van der Waals surface area (Å²) in [7, 11) is 11.2. The van der Waals surface area contributed by atoms with Crippen LogP contribution < -0.4 is 0 Å². The monoisotopic (exact) mass is 364 g/mol. The van der Waals surface area contributed by atoms with Crippen molar-refractivity contribution in [1.29, 1.82) is 0 Å². The number of alkyl halides is 1. The lowest BCUT2D eigenvalue weighted by molar-refractivity contribution is -0.00993. The minimum absolute atomic E-state index is 0.0205. The van der Waals surface area contributed by atoms with Crippen LogP contribution in [0.4, 0.5) is 4.39 Å². The van der Waals surface area contributed by atoms with Crippen LogP contribution in [-0.2, 0) is 30.3 Å². The first-order valence-corrected chi connectivity index (χ1v) is 9.98. The molecule has 23 heavy (non-hydrogen) atoms. The first-order valence-electron chi connectivity index (χ1n) is 7.39. The van der Waals surface area contributed by atoms with Crippen LogP contribution in [-0.4, -0.2) is 75.4 Å². The molecule has 0 amide bonds. The molecule has 11 heteroatoms. The summed E-state index contributed by atoms with van der Waals surface area (Å²) in [5, 5.41) is 9.16. The highest BCUT2D eigenvalue weighted by Crippen LogP contribution is 2.48. The maximum absolute atomic E-state index is 13.9. The number of ether oxygens (including phenoxy) is 2. The van der Waals surface area contributed by atoms with Crippen LogP contribution in [0.5, 0.6) is 0 Å². The predicted molar refractivity (Wildman–Crippen MR) is 86.5 cm³/mol. The Labute approximate surface area is 143 Å². The van der Waals surface area contributed by atoms with Gasteiger partial charge in [0.25, 0.3) is 0 Å². The smallest absolute Gasteiger partial charge is 0.325 e. The topological polar surface area (TPSA) is 77.4 Å². The van der Waals surface area contributed by atoms with Crippen molar-refractivity contribution < 1.29 is 32.9 Å². The van der Waals surface area contributed by atoms with Gasteiger partial charge >= 0.3 is 6.72 Å². The van der Waals surface area contributed by atoms with Crippen LogP contribution in [0.3, 0.4) is 0 Å². The molecule has 2 aliphatic heterocycles. The largest absolute Gasteiger partial charge is 0.394 e. The van der Waals surface area contributed by atoms with E-state index in [0.717, 1.165) is 0 Å². The van der Waals surface area contributed by atoms with E-state index in [-0.39, 0.29) is 24.5 Å². The lowest BCUT2D eigenvalue weighted by Crippen LogP contribution is -2.34. The SMILES string of the molecule is [B][C@@H]1O[C@H](COP(O)(=S)OC2C(F)[C@H]([B])O[C@@H]2CO)C(C)C1C. The summed E-state index contributed by atoms with van der Waals surface area (Å²) in [6.07, 6.45) is -4.35. The van der Waals surface area contributed by atoms with E-state index in [1.165, 1.54) is 0 Å². The molecule has 0 aromatic carbocycles. The van der Waals surface area contributed by atoms with E-state index in [1.54, 1.807) is 0 Å². The number of aliphatic hydroxyl groups excluding tert-OH is 1. The summed E-state index contributed by atoms with van der Waals surface area (Å²) in [4.78, 5) is 10.1. The molecule has 2 saturated heterocycles. The normalized spacial score (nSPS) is 46.8. The zero-order valence-corrected chi connectivity index (χ0v) is 14.7. The van der Waals surface area contributed by atoms with Crippen LogP contribution in [0.15, 0.2) is 0 Å². The van der Waals surface area contributed by atoms with Gasteiger partial charge in [0, 0.05) is 6.00 Å². The Hall–Kier alpha value is 0.470. The van der Waals surface area contributed by atoms with Crippen molar-refractivity contribution in [3.05, 3.63) is 0 Å². The van der Waals surface area contributed by atoms with Gasteiger partial charge in [0.1, 0.15) is 34.1 Å². The number of halogens is 1. The van der Waals surface area contributed by atoms with Gasteiger partial charge in [0.15, 0.2) is 0 Å². The van der Waals surface area contributed by atoms with Gasteiger partial charge in [-0.3, -0.25) is 4.52 Å². The Morgan fingerprint density at radius 2 is 1.78 bits per heavy atom. The molecule has 2 rings (SSSR count). The average molecular weight is 364 g/mol. The third-order valence-corrected chi connectivity index (χ3v) is 5.99. The number of hydrogen-bond acceptors (Lipinski definition) is 6. The van der Waals surface area contributed by atoms with E-state index in [1.807, 2.05) is 13.8 Å². The molecular weight excluding hydrogens is 344 g/mol. The lowest BCUT2D eigenvalue weighted by atomic mass is 9.82. The highest BCUT2D eigenvalue weighted by molar-refractivity contribution is 8.07. The summed E-state index contributed by atoms with van der Waals surface area (Å²) in [6.45, 7) is -0.369. The van der Waals surface area contributed by atoms with Gasteiger partial charge < -0.3 is 24.0 Å². The minimum atomic E-state index is -3.75. The summed E-state index contributed by atoms with van der Waals surface area (Å²) in [6, 6.07) is -1.66. The average Bonchev–Trinajstić information content (AvgIpc) is 2.89. The number of rotatable bonds is 6. The highest BCUT2D eigenvalue weighted by Gasteiger charge is 2.46.